The van der Waals surface area contributed by atoms with E-state index in [1.165, 1.54) is 11.8 Å². The molecular weight excluding hydrogens is 196 g/mol. The maximum absolute atomic E-state index is 11.6. The van der Waals surface area contributed by atoms with Gasteiger partial charge in [-0.15, -0.1) is 0 Å². The maximum Gasteiger partial charge on any atom is 0.242 e. The summed E-state index contributed by atoms with van der Waals surface area (Å²) in [6.45, 7) is 4.63. The molecule has 0 bridgehead atoms. The smallest absolute Gasteiger partial charge is 0.242 e. The van der Waals surface area contributed by atoms with E-state index in [-0.39, 0.29) is 25.0 Å². The number of nitrogens with zero attached hydrogens (tertiary/aromatic N) is 2. The first-order valence-corrected chi connectivity index (χ1v) is 5.13. The van der Waals surface area contributed by atoms with Crippen LogP contribution in [0.25, 0.3) is 0 Å². The lowest BCUT2D eigenvalue weighted by atomic mass is 10.3. The van der Waals surface area contributed by atoms with Crippen LogP contribution in [-0.2, 0) is 9.59 Å². The van der Waals surface area contributed by atoms with Gasteiger partial charge in [-0.2, -0.15) is 0 Å². The van der Waals surface area contributed by atoms with Crippen molar-refractivity contribution in [3.63, 3.8) is 0 Å². The molecule has 0 aromatic carbocycles. The van der Waals surface area contributed by atoms with Gasteiger partial charge in [-0.05, 0) is 13.3 Å². The molecule has 5 nitrogen and oxygen atoms in total. The van der Waals surface area contributed by atoms with Crippen molar-refractivity contribution in [3.05, 3.63) is 0 Å². The molecule has 0 aliphatic heterocycles. The van der Waals surface area contributed by atoms with E-state index in [2.05, 4.69) is 0 Å². The summed E-state index contributed by atoms with van der Waals surface area (Å²) in [5, 5.41) is 8.66. The number of aliphatic hydroxyl groups is 1. The number of rotatable bonds is 6. The molecule has 1 N–H and O–H groups in total. The van der Waals surface area contributed by atoms with Crippen LogP contribution in [0.1, 0.15) is 20.3 Å². The van der Waals surface area contributed by atoms with Gasteiger partial charge >= 0.3 is 0 Å². The summed E-state index contributed by atoms with van der Waals surface area (Å²) < 4.78 is 0. The fourth-order valence-corrected chi connectivity index (χ4v) is 1.13. The third-order valence-corrected chi connectivity index (χ3v) is 2.23. The van der Waals surface area contributed by atoms with Gasteiger partial charge in [0.1, 0.15) is 0 Å². The van der Waals surface area contributed by atoms with Gasteiger partial charge in [-0.3, -0.25) is 9.59 Å². The second-order valence-electron chi connectivity index (χ2n) is 3.43. The van der Waals surface area contributed by atoms with E-state index in [0.717, 1.165) is 0 Å². The molecule has 0 aromatic rings. The average molecular weight is 216 g/mol. The normalized spacial score (nSPS) is 9.87. The molecule has 2 amide bonds. The van der Waals surface area contributed by atoms with Crippen LogP contribution in [0.3, 0.4) is 0 Å². The van der Waals surface area contributed by atoms with Crippen molar-refractivity contribution in [2.75, 3.05) is 33.3 Å². The quantitative estimate of drug-likeness (QED) is 0.663. The first kappa shape index (κ1) is 13.9. The number of carbonyl (C=O) groups excluding carboxylic acids is 2. The number of aliphatic hydroxyl groups excluding tert-OH is 1. The van der Waals surface area contributed by atoms with Gasteiger partial charge in [0.2, 0.25) is 11.8 Å². The minimum Gasteiger partial charge on any atom is -0.396 e. The van der Waals surface area contributed by atoms with Gasteiger partial charge in [0.25, 0.3) is 0 Å². The summed E-state index contributed by atoms with van der Waals surface area (Å²) >= 11 is 0. The standard InChI is InChI=1S/C10H20N2O3/c1-4-12(6-5-7-13)10(15)8-11(3)9(2)14/h13H,4-8H2,1-3H3. The van der Waals surface area contributed by atoms with Crippen molar-refractivity contribution in [2.45, 2.75) is 20.3 Å². The first-order valence-electron chi connectivity index (χ1n) is 5.13. The van der Waals surface area contributed by atoms with Crippen LogP contribution in [0, 0.1) is 0 Å². The van der Waals surface area contributed by atoms with Crippen LogP contribution in [0.2, 0.25) is 0 Å². The number of likely N-dealkylation sites (N-methyl/N-ethyl adjacent to an activating group) is 2. The molecule has 0 aromatic heterocycles. The molecule has 0 atom stereocenters. The first-order chi connectivity index (χ1) is 7.02. The van der Waals surface area contributed by atoms with Crippen molar-refractivity contribution < 1.29 is 14.7 Å². The highest BCUT2D eigenvalue weighted by Gasteiger charge is 2.14. The summed E-state index contributed by atoms with van der Waals surface area (Å²) in [5.41, 5.74) is 0. The highest BCUT2D eigenvalue weighted by Crippen LogP contribution is 1.95. The summed E-state index contributed by atoms with van der Waals surface area (Å²) in [6.07, 6.45) is 0.573. The average Bonchev–Trinajstić information content (AvgIpc) is 2.18. The maximum atomic E-state index is 11.6. The van der Waals surface area contributed by atoms with E-state index < -0.39 is 0 Å². The number of hydrogen-bond acceptors (Lipinski definition) is 3. The molecule has 88 valence electrons. The Morgan fingerprint density at radius 1 is 1.33 bits per heavy atom. The second kappa shape index (κ2) is 7.23. The predicted octanol–water partition coefficient (Wildman–Crippen LogP) is -0.304. The number of hydrogen-bond donors (Lipinski definition) is 1. The van der Waals surface area contributed by atoms with Crippen LogP contribution in [0.15, 0.2) is 0 Å². The number of amides is 2. The Morgan fingerprint density at radius 3 is 2.33 bits per heavy atom. The molecule has 0 rings (SSSR count). The minimum absolute atomic E-state index is 0.0757. The van der Waals surface area contributed by atoms with E-state index in [9.17, 15) is 9.59 Å². The lowest BCUT2D eigenvalue weighted by molar-refractivity contribution is -0.138. The van der Waals surface area contributed by atoms with Crippen LogP contribution >= 0.6 is 0 Å². The van der Waals surface area contributed by atoms with E-state index in [1.54, 1.807) is 11.9 Å². The Hall–Kier alpha value is -1.10. The lowest BCUT2D eigenvalue weighted by Crippen LogP contribution is -2.41. The van der Waals surface area contributed by atoms with Crippen LogP contribution in [-0.4, -0.2) is 60.0 Å². The molecule has 0 aliphatic carbocycles. The van der Waals surface area contributed by atoms with Crippen molar-refractivity contribution >= 4 is 11.8 Å². The SMILES string of the molecule is CCN(CCCO)C(=O)CN(C)C(C)=O. The molecule has 0 aliphatic rings. The lowest BCUT2D eigenvalue weighted by Gasteiger charge is -2.23. The van der Waals surface area contributed by atoms with Gasteiger partial charge < -0.3 is 14.9 Å². The molecule has 5 heteroatoms. The van der Waals surface area contributed by atoms with Crippen molar-refractivity contribution in [1.29, 1.82) is 0 Å². The van der Waals surface area contributed by atoms with Crippen molar-refractivity contribution in [3.8, 4) is 0 Å². The Bertz CT molecular complexity index is 219. The summed E-state index contributed by atoms with van der Waals surface area (Å²) in [4.78, 5) is 25.6. The summed E-state index contributed by atoms with van der Waals surface area (Å²) in [7, 11) is 1.60. The third-order valence-electron chi connectivity index (χ3n) is 2.23. The van der Waals surface area contributed by atoms with Gasteiger partial charge in [0.15, 0.2) is 0 Å². The second-order valence-corrected chi connectivity index (χ2v) is 3.43. The monoisotopic (exact) mass is 216 g/mol. The molecule has 0 saturated carbocycles. The molecule has 0 saturated heterocycles. The predicted molar refractivity (Wildman–Crippen MR) is 57.3 cm³/mol. The van der Waals surface area contributed by atoms with E-state index in [4.69, 9.17) is 5.11 Å². The minimum atomic E-state index is -0.124. The summed E-state index contributed by atoms with van der Waals surface area (Å²) in [6, 6.07) is 0. The van der Waals surface area contributed by atoms with Crippen LogP contribution in [0.4, 0.5) is 0 Å². The fraction of sp³-hybridized carbons (Fsp3) is 0.800. The molecule has 0 fully saturated rings. The Labute approximate surface area is 90.7 Å². The van der Waals surface area contributed by atoms with Gasteiger partial charge in [0.05, 0.1) is 6.54 Å². The topological polar surface area (TPSA) is 60.9 Å². The molecule has 15 heavy (non-hydrogen) atoms. The van der Waals surface area contributed by atoms with Gasteiger partial charge in [0, 0.05) is 33.7 Å². The van der Waals surface area contributed by atoms with Crippen molar-refractivity contribution in [1.82, 2.24) is 9.80 Å². The highest BCUT2D eigenvalue weighted by atomic mass is 16.3. The van der Waals surface area contributed by atoms with E-state index in [0.29, 0.717) is 19.5 Å². The molecule has 0 spiro atoms. The van der Waals surface area contributed by atoms with Gasteiger partial charge in [-0.1, -0.05) is 0 Å². The molecule has 0 unspecified atom stereocenters. The zero-order valence-electron chi connectivity index (χ0n) is 9.69. The van der Waals surface area contributed by atoms with Gasteiger partial charge in [-0.25, -0.2) is 0 Å². The fourth-order valence-electron chi connectivity index (χ4n) is 1.13. The third kappa shape index (κ3) is 5.37. The molecule has 0 heterocycles. The zero-order valence-corrected chi connectivity index (χ0v) is 9.69. The van der Waals surface area contributed by atoms with Crippen molar-refractivity contribution in [2.24, 2.45) is 0 Å². The summed E-state index contributed by atoms with van der Waals surface area (Å²) in [5.74, 6) is -0.204. The zero-order chi connectivity index (χ0) is 11.8. The Kier molecular flexibility index (Phi) is 6.70. The van der Waals surface area contributed by atoms with Crippen LogP contribution < -0.4 is 0 Å². The van der Waals surface area contributed by atoms with E-state index >= 15 is 0 Å². The molecular formula is C10H20N2O3. The number of carbonyl (C=O) groups is 2. The van der Waals surface area contributed by atoms with E-state index in [1.807, 2.05) is 6.92 Å². The Morgan fingerprint density at radius 2 is 1.93 bits per heavy atom. The molecule has 0 radical (unpaired) electrons. The largest absolute Gasteiger partial charge is 0.396 e. The Balaban J connectivity index is 4.09. The van der Waals surface area contributed by atoms with Crippen LogP contribution in [0.5, 0.6) is 0 Å². The highest BCUT2D eigenvalue weighted by molar-refractivity contribution is 5.83.